The van der Waals surface area contributed by atoms with Gasteiger partial charge in [-0.15, -0.1) is 0 Å². The van der Waals surface area contributed by atoms with E-state index in [2.05, 4.69) is 5.10 Å². The highest BCUT2D eigenvalue weighted by Crippen LogP contribution is 2.28. The second-order valence-corrected chi connectivity index (χ2v) is 6.79. The number of nitrogens with zero attached hydrogens (tertiary/aromatic N) is 3. The fraction of sp³-hybridized carbons (Fsp3) is 0.727. The standard InChI is InChI=1S/C11H19N3O3S/c1-13(8-10-3-2-4-10)18(16,17)11-7-12-14(9-11)5-6-15/h7,9-10,15H,2-6,8H2,1H3. The molecule has 0 radical (unpaired) electrons. The highest BCUT2D eigenvalue weighted by Gasteiger charge is 2.27. The quantitative estimate of drug-likeness (QED) is 0.808. The number of aromatic nitrogens is 2. The van der Waals surface area contributed by atoms with Crippen LogP contribution in [0, 0.1) is 5.92 Å². The largest absolute Gasteiger partial charge is 0.394 e. The van der Waals surface area contributed by atoms with Gasteiger partial charge < -0.3 is 5.11 Å². The van der Waals surface area contributed by atoms with Gasteiger partial charge in [-0.1, -0.05) is 6.42 Å². The Labute approximate surface area is 107 Å². The molecule has 6 nitrogen and oxygen atoms in total. The minimum Gasteiger partial charge on any atom is -0.394 e. The summed E-state index contributed by atoms with van der Waals surface area (Å²) in [6, 6.07) is 0. The van der Waals surface area contributed by atoms with Crippen molar-refractivity contribution in [2.24, 2.45) is 5.92 Å². The van der Waals surface area contributed by atoms with E-state index in [0.29, 0.717) is 19.0 Å². The lowest BCUT2D eigenvalue weighted by Gasteiger charge is -2.29. The molecule has 0 bridgehead atoms. The van der Waals surface area contributed by atoms with Crippen molar-refractivity contribution < 1.29 is 13.5 Å². The molecule has 2 rings (SSSR count). The van der Waals surface area contributed by atoms with E-state index in [1.54, 1.807) is 7.05 Å². The van der Waals surface area contributed by atoms with Gasteiger partial charge in [0.05, 0.1) is 19.3 Å². The van der Waals surface area contributed by atoms with Crippen molar-refractivity contribution in [2.45, 2.75) is 30.7 Å². The first-order valence-corrected chi connectivity index (χ1v) is 7.57. The van der Waals surface area contributed by atoms with Crippen LogP contribution in [0.5, 0.6) is 0 Å². The molecule has 0 aromatic carbocycles. The summed E-state index contributed by atoms with van der Waals surface area (Å²) in [4.78, 5) is 0.192. The van der Waals surface area contributed by atoms with Crippen LogP contribution in [-0.4, -0.2) is 47.8 Å². The van der Waals surface area contributed by atoms with Crippen LogP contribution >= 0.6 is 0 Å². The minimum absolute atomic E-state index is 0.0565. The molecule has 18 heavy (non-hydrogen) atoms. The van der Waals surface area contributed by atoms with E-state index < -0.39 is 10.0 Å². The molecule has 0 aliphatic heterocycles. The molecule has 0 saturated heterocycles. The smallest absolute Gasteiger partial charge is 0.245 e. The lowest BCUT2D eigenvalue weighted by atomic mass is 9.86. The molecule has 1 aliphatic rings. The first-order chi connectivity index (χ1) is 8.54. The summed E-state index contributed by atoms with van der Waals surface area (Å²) in [6.45, 7) is 0.828. The number of hydrogen-bond donors (Lipinski definition) is 1. The Hall–Kier alpha value is -0.920. The van der Waals surface area contributed by atoms with Crippen LogP contribution in [0.15, 0.2) is 17.3 Å². The Balaban J connectivity index is 2.07. The molecule has 102 valence electrons. The molecule has 1 aromatic heterocycles. The zero-order valence-corrected chi connectivity index (χ0v) is 11.3. The lowest BCUT2D eigenvalue weighted by molar-refractivity contribution is 0.262. The summed E-state index contributed by atoms with van der Waals surface area (Å²) in [6.07, 6.45) is 6.23. The predicted molar refractivity (Wildman–Crippen MR) is 66.5 cm³/mol. The summed E-state index contributed by atoms with van der Waals surface area (Å²) in [7, 11) is -1.83. The molecule has 0 spiro atoms. The Morgan fingerprint density at radius 2 is 2.28 bits per heavy atom. The fourth-order valence-corrected chi connectivity index (χ4v) is 3.22. The van der Waals surface area contributed by atoms with Crippen LogP contribution in [0.4, 0.5) is 0 Å². The Kier molecular flexibility index (Phi) is 4.04. The third kappa shape index (κ3) is 2.73. The molecule has 1 heterocycles. The van der Waals surface area contributed by atoms with E-state index in [4.69, 9.17) is 5.11 Å². The zero-order valence-electron chi connectivity index (χ0n) is 10.5. The van der Waals surface area contributed by atoms with Crippen LogP contribution in [0.3, 0.4) is 0 Å². The maximum absolute atomic E-state index is 12.2. The Morgan fingerprint density at radius 3 is 2.83 bits per heavy atom. The number of rotatable bonds is 6. The fourth-order valence-electron chi connectivity index (χ4n) is 2.02. The van der Waals surface area contributed by atoms with Crippen molar-refractivity contribution in [3.63, 3.8) is 0 Å². The minimum atomic E-state index is -3.44. The molecule has 1 saturated carbocycles. The van der Waals surface area contributed by atoms with Gasteiger partial charge in [0.1, 0.15) is 4.90 Å². The van der Waals surface area contributed by atoms with Gasteiger partial charge in [0.2, 0.25) is 10.0 Å². The van der Waals surface area contributed by atoms with Crippen LogP contribution < -0.4 is 0 Å². The van der Waals surface area contributed by atoms with Crippen LogP contribution in [0.25, 0.3) is 0 Å². The number of sulfonamides is 1. The van der Waals surface area contributed by atoms with Crippen molar-refractivity contribution >= 4 is 10.0 Å². The van der Waals surface area contributed by atoms with Gasteiger partial charge in [-0.05, 0) is 18.8 Å². The maximum atomic E-state index is 12.2. The number of aliphatic hydroxyl groups is 1. The zero-order chi connectivity index (χ0) is 13.2. The first-order valence-electron chi connectivity index (χ1n) is 6.13. The SMILES string of the molecule is CN(CC1CCC1)S(=O)(=O)c1cnn(CCO)c1. The average Bonchev–Trinajstić information content (AvgIpc) is 2.72. The normalized spacial score (nSPS) is 17.1. The molecule has 7 heteroatoms. The molecule has 1 aromatic rings. The van der Waals surface area contributed by atoms with E-state index in [1.807, 2.05) is 0 Å². The van der Waals surface area contributed by atoms with Gasteiger partial charge in [0.15, 0.2) is 0 Å². The predicted octanol–water partition coefficient (Wildman–Crippen LogP) is 0.296. The van der Waals surface area contributed by atoms with Gasteiger partial charge in [-0.3, -0.25) is 4.68 Å². The first kappa shape index (κ1) is 13.5. The molecular weight excluding hydrogens is 254 g/mol. The highest BCUT2D eigenvalue weighted by atomic mass is 32.2. The van der Waals surface area contributed by atoms with Crippen molar-refractivity contribution in [1.82, 2.24) is 14.1 Å². The van der Waals surface area contributed by atoms with Gasteiger partial charge in [-0.2, -0.15) is 5.10 Å². The molecule has 0 atom stereocenters. The van der Waals surface area contributed by atoms with Crippen molar-refractivity contribution in [3.8, 4) is 0 Å². The van der Waals surface area contributed by atoms with Crippen molar-refractivity contribution in [3.05, 3.63) is 12.4 Å². The molecule has 1 aliphatic carbocycles. The summed E-state index contributed by atoms with van der Waals surface area (Å²) >= 11 is 0. The maximum Gasteiger partial charge on any atom is 0.245 e. The number of hydrogen-bond acceptors (Lipinski definition) is 4. The second-order valence-electron chi connectivity index (χ2n) is 4.75. The molecule has 0 amide bonds. The van der Waals surface area contributed by atoms with E-state index >= 15 is 0 Å². The summed E-state index contributed by atoms with van der Waals surface area (Å²) < 4.78 is 27.3. The van der Waals surface area contributed by atoms with Crippen LogP contribution in [-0.2, 0) is 16.6 Å². The van der Waals surface area contributed by atoms with Crippen LogP contribution in [0.1, 0.15) is 19.3 Å². The highest BCUT2D eigenvalue weighted by molar-refractivity contribution is 7.89. The number of aliphatic hydroxyl groups excluding tert-OH is 1. The van der Waals surface area contributed by atoms with Gasteiger partial charge in [0, 0.05) is 19.8 Å². The van der Waals surface area contributed by atoms with E-state index in [0.717, 1.165) is 12.8 Å². The Bertz CT molecular complexity index is 493. The topological polar surface area (TPSA) is 75.4 Å². The molecule has 0 unspecified atom stereocenters. The lowest BCUT2D eigenvalue weighted by Crippen LogP contribution is -2.34. The second kappa shape index (κ2) is 5.38. The van der Waals surface area contributed by atoms with Crippen molar-refractivity contribution in [2.75, 3.05) is 20.2 Å². The molecular formula is C11H19N3O3S. The summed E-state index contributed by atoms with van der Waals surface area (Å²) in [5, 5.41) is 12.7. The third-order valence-electron chi connectivity index (χ3n) is 3.39. The molecule has 1 N–H and O–H groups in total. The van der Waals surface area contributed by atoms with E-state index in [1.165, 1.54) is 27.8 Å². The van der Waals surface area contributed by atoms with E-state index in [9.17, 15) is 8.42 Å². The van der Waals surface area contributed by atoms with Crippen LogP contribution in [0.2, 0.25) is 0 Å². The van der Waals surface area contributed by atoms with Gasteiger partial charge >= 0.3 is 0 Å². The third-order valence-corrected chi connectivity index (χ3v) is 5.16. The average molecular weight is 273 g/mol. The molecule has 1 fully saturated rings. The Morgan fingerprint density at radius 1 is 1.56 bits per heavy atom. The van der Waals surface area contributed by atoms with Gasteiger partial charge in [0.25, 0.3) is 0 Å². The van der Waals surface area contributed by atoms with Crippen molar-refractivity contribution in [1.29, 1.82) is 0 Å². The summed E-state index contributed by atoms with van der Waals surface area (Å²) in [5.41, 5.74) is 0. The summed E-state index contributed by atoms with van der Waals surface area (Å²) in [5.74, 6) is 0.497. The monoisotopic (exact) mass is 273 g/mol. The van der Waals surface area contributed by atoms with E-state index in [-0.39, 0.29) is 11.5 Å². The van der Waals surface area contributed by atoms with Gasteiger partial charge in [-0.25, -0.2) is 12.7 Å².